The van der Waals surface area contributed by atoms with Gasteiger partial charge in [-0.05, 0) is 79.9 Å². The van der Waals surface area contributed by atoms with E-state index >= 15 is 4.79 Å². The first-order valence-corrected chi connectivity index (χ1v) is 33.8. The summed E-state index contributed by atoms with van der Waals surface area (Å²) in [5, 5.41) is 29.9. The summed E-state index contributed by atoms with van der Waals surface area (Å²) < 4.78 is 11.7. The van der Waals surface area contributed by atoms with Gasteiger partial charge < -0.3 is 65.5 Å². The van der Waals surface area contributed by atoms with Crippen LogP contribution in [0.4, 0.5) is 4.79 Å². The Morgan fingerprint density at radius 2 is 0.929 bits per heavy atom. The van der Waals surface area contributed by atoms with Gasteiger partial charge in [-0.1, -0.05) is 167 Å². The van der Waals surface area contributed by atoms with Gasteiger partial charge in [0.2, 0.25) is 53.2 Å². The van der Waals surface area contributed by atoms with Gasteiger partial charge in [0.25, 0.3) is 0 Å². The highest BCUT2D eigenvalue weighted by atomic mass is 16.6. The average molecular weight is 1380 g/mol. The van der Waals surface area contributed by atoms with Crippen LogP contribution in [0.25, 0.3) is 0 Å². The number of carboxylic acid groups (broad SMARTS) is 2. The molecule has 3 aromatic carbocycles. The van der Waals surface area contributed by atoms with E-state index in [-0.39, 0.29) is 44.1 Å². The monoisotopic (exact) mass is 1380 g/mol. The van der Waals surface area contributed by atoms with Crippen LogP contribution in [0.3, 0.4) is 0 Å². The zero-order chi connectivity index (χ0) is 74.9. The molecule has 26 heteroatoms. The lowest BCUT2D eigenvalue weighted by atomic mass is 9.96. The molecular weight excluding hydrogens is 1270 g/mol. The number of carbonyl (C=O) groups excluding carboxylic acids is 10. The molecule has 0 heterocycles. The lowest BCUT2D eigenvalue weighted by molar-refractivity contribution is -0.153. The van der Waals surface area contributed by atoms with Gasteiger partial charge in [0.05, 0.1) is 25.2 Å². The van der Waals surface area contributed by atoms with Crippen molar-refractivity contribution in [1.82, 2.24) is 50.7 Å². The Morgan fingerprint density at radius 3 is 1.39 bits per heavy atom. The number of carboxylic acids is 2. The second-order valence-electron chi connectivity index (χ2n) is 28.2. The van der Waals surface area contributed by atoms with Crippen molar-refractivity contribution in [2.75, 3.05) is 55.4 Å². The molecule has 10 amide bonds. The molecule has 0 saturated heterocycles. The van der Waals surface area contributed by atoms with Crippen molar-refractivity contribution in [2.45, 2.75) is 195 Å². The normalized spacial score (nSPS) is 14.5. The Morgan fingerprint density at radius 1 is 0.475 bits per heavy atom. The molecule has 26 nitrogen and oxygen atoms in total. The molecule has 3 rings (SSSR count). The molecule has 0 unspecified atom stereocenters. The highest BCUT2D eigenvalue weighted by Gasteiger charge is 2.43. The number of nitrogens with one attached hydrogen (secondary N) is 4. The van der Waals surface area contributed by atoms with Gasteiger partial charge in [0.15, 0.2) is 0 Å². The smallest absolute Gasteiger partial charge is 0.410 e. The first kappa shape index (κ1) is 84.3. The van der Waals surface area contributed by atoms with Crippen LogP contribution in [0.2, 0.25) is 0 Å². The second-order valence-corrected chi connectivity index (χ2v) is 28.2. The van der Waals surface area contributed by atoms with Crippen LogP contribution < -0.4 is 21.3 Å². The van der Waals surface area contributed by atoms with Crippen LogP contribution in [0, 0.1) is 29.6 Å². The largest absolute Gasteiger partial charge is 0.481 e. The number of likely N-dealkylation sites (N-methyl/N-ethyl adjacent to an activating group) is 6. The molecule has 0 bridgehead atoms. The summed E-state index contributed by atoms with van der Waals surface area (Å²) in [5.41, 5.74) is 1.23. The molecule has 0 saturated carbocycles. The van der Waals surface area contributed by atoms with E-state index in [9.17, 15) is 63.0 Å². The highest BCUT2D eigenvalue weighted by molar-refractivity contribution is 5.98. The lowest BCUT2D eigenvalue weighted by Crippen LogP contribution is -2.62. The summed E-state index contributed by atoms with van der Waals surface area (Å²) in [6, 6.07) is 14.9. The van der Waals surface area contributed by atoms with Gasteiger partial charge in [0.1, 0.15) is 61.0 Å². The first-order chi connectivity index (χ1) is 46.2. The minimum atomic E-state index is -1.82. The molecule has 0 radical (unpaired) electrons. The Hall–Kier alpha value is -8.94. The number of nitrogens with zero attached hydrogens (tertiary/aromatic N) is 6. The van der Waals surface area contributed by atoms with E-state index < -0.39 is 169 Å². The Kier molecular flexibility index (Phi) is 33.7. The fourth-order valence-corrected chi connectivity index (χ4v) is 11.3. The summed E-state index contributed by atoms with van der Waals surface area (Å²) in [6.07, 6.45) is -1.05. The summed E-state index contributed by atoms with van der Waals surface area (Å²) in [4.78, 5) is 176. The molecule has 0 fully saturated rings. The maximum Gasteiger partial charge on any atom is 0.410 e. The third-order valence-corrected chi connectivity index (χ3v) is 17.2. The van der Waals surface area contributed by atoms with E-state index in [0.717, 1.165) is 25.8 Å². The van der Waals surface area contributed by atoms with E-state index in [1.165, 1.54) is 57.0 Å². The topological polar surface area (TPSA) is 331 Å². The number of hydrogen-bond acceptors (Lipinski definition) is 14. The summed E-state index contributed by atoms with van der Waals surface area (Å²) >= 11 is 0. The first-order valence-electron chi connectivity index (χ1n) is 33.8. The molecule has 0 aliphatic heterocycles. The average Bonchev–Trinajstić information content (AvgIpc) is 1.02. The molecule has 99 heavy (non-hydrogen) atoms. The zero-order valence-electron chi connectivity index (χ0n) is 61.4. The number of amides is 10. The molecule has 548 valence electrons. The molecule has 0 aromatic heterocycles. The van der Waals surface area contributed by atoms with Crippen molar-refractivity contribution in [3.63, 3.8) is 0 Å². The van der Waals surface area contributed by atoms with E-state index in [2.05, 4.69) is 21.3 Å². The maximum atomic E-state index is 15.1. The molecule has 0 spiro atoms. The van der Waals surface area contributed by atoms with Gasteiger partial charge in [-0.15, -0.1) is 0 Å². The molecule has 0 aliphatic rings. The van der Waals surface area contributed by atoms with Gasteiger partial charge in [-0.25, -0.2) is 9.59 Å². The van der Waals surface area contributed by atoms with Crippen molar-refractivity contribution in [3.05, 3.63) is 108 Å². The van der Waals surface area contributed by atoms with E-state index in [1.807, 2.05) is 76.2 Å². The van der Waals surface area contributed by atoms with Crippen LogP contribution in [-0.2, 0) is 81.7 Å². The van der Waals surface area contributed by atoms with Crippen molar-refractivity contribution in [3.8, 4) is 0 Å². The molecule has 10 atom stereocenters. The number of benzene rings is 3. The second kappa shape index (κ2) is 39.6. The number of hydrogen-bond donors (Lipinski definition) is 6. The fraction of sp³-hybridized carbons (Fsp3) is 0.589. The minimum Gasteiger partial charge on any atom is -0.481 e. The standard InChI is InChI=1S/C73H110N10O16/c1-20-48(10)62(66(90)76-54(43-99-73(11,12)13)68(92)80(16)57(39-50-32-26-22-27-33-50)69(93)83(19)61(47(8)9)65(89)75-53(71(95)96)40-59(85)86)82(18)58(84)41-78(14)70(94)60(46(6)7)77-64(88)55(37-45(4)5)79(15)67(91)52(36-44(2)3)74-63(87)56(38-49-30-24-21-25-31-49)81(17)72(97)98-42-51-34-28-23-29-35-51/h21-35,44-48,52-57,60-62H,20,36-43H2,1-19H3,(H,74,87)(H,75,89)(H,76,90)(H,77,88)(H,85,86)(H,95,96)/t48-,52-,53-,54-,55-,56-,57-,60-,61-,62-/m0/s1. The van der Waals surface area contributed by atoms with Crippen molar-refractivity contribution >= 4 is 71.2 Å². The van der Waals surface area contributed by atoms with Gasteiger partial charge in [0, 0.05) is 55.1 Å². The Bertz CT molecular complexity index is 3180. The van der Waals surface area contributed by atoms with E-state index in [4.69, 9.17) is 9.47 Å². The predicted molar refractivity (Wildman–Crippen MR) is 374 cm³/mol. The van der Waals surface area contributed by atoms with Crippen LogP contribution >= 0.6 is 0 Å². The Labute approximate surface area is 584 Å². The lowest BCUT2D eigenvalue weighted by Gasteiger charge is -2.38. The predicted octanol–water partition coefficient (Wildman–Crippen LogP) is 5.64. The van der Waals surface area contributed by atoms with Crippen LogP contribution in [-0.4, -0.2) is 226 Å². The van der Waals surface area contributed by atoms with Gasteiger partial charge in [-0.3, -0.25) is 52.8 Å². The van der Waals surface area contributed by atoms with Gasteiger partial charge >= 0.3 is 18.0 Å². The van der Waals surface area contributed by atoms with Crippen LogP contribution in [0.5, 0.6) is 0 Å². The van der Waals surface area contributed by atoms with Gasteiger partial charge in [-0.2, -0.15) is 0 Å². The van der Waals surface area contributed by atoms with Crippen LogP contribution in [0.15, 0.2) is 91.0 Å². The highest BCUT2D eigenvalue weighted by Crippen LogP contribution is 2.23. The number of carbonyl (C=O) groups is 12. The third-order valence-electron chi connectivity index (χ3n) is 17.2. The van der Waals surface area contributed by atoms with E-state index in [0.29, 0.717) is 12.0 Å². The SMILES string of the molecule is CC[C@H](C)[C@@H](C(=O)N[C@@H](COC(C)(C)C)C(=O)N(C)[C@@H](Cc1ccccc1)C(=O)N(C)[C@H](C(=O)N[C@@H](CC(=O)O)C(=O)O)C(C)C)N(C)C(=O)CN(C)C(=O)[C@@H](NC(=O)[C@H](CC(C)C)N(C)C(=O)[C@H](CC(C)C)NC(=O)[C@H](Cc1ccccc1)N(C)C(=O)OCc1ccccc1)C(C)C. The van der Waals surface area contributed by atoms with Crippen LogP contribution in [0.1, 0.15) is 132 Å². The third kappa shape index (κ3) is 26.3. The molecular formula is C73H110N10O16. The summed E-state index contributed by atoms with van der Waals surface area (Å²) in [5.74, 6) is -11.7. The number of aliphatic carboxylic acids is 2. The number of rotatable bonds is 38. The zero-order valence-corrected chi connectivity index (χ0v) is 61.4. The summed E-state index contributed by atoms with van der Waals surface area (Å²) in [6.45, 7) is 21.8. The maximum absolute atomic E-state index is 15.1. The van der Waals surface area contributed by atoms with E-state index in [1.54, 1.807) is 105 Å². The minimum absolute atomic E-state index is 0.0409. The molecule has 6 N–H and O–H groups in total. The molecule has 3 aromatic rings. The molecule has 0 aliphatic carbocycles. The number of ether oxygens (including phenoxy) is 2. The van der Waals surface area contributed by atoms with Crippen molar-refractivity contribution in [1.29, 1.82) is 0 Å². The Balaban J connectivity index is 1.95. The van der Waals surface area contributed by atoms with Crippen molar-refractivity contribution < 1.29 is 77.2 Å². The fourth-order valence-electron chi connectivity index (χ4n) is 11.3. The quantitative estimate of drug-likeness (QED) is 0.0404. The summed E-state index contributed by atoms with van der Waals surface area (Å²) in [7, 11) is 8.35. The van der Waals surface area contributed by atoms with Crippen molar-refractivity contribution in [2.24, 2.45) is 29.6 Å².